The summed E-state index contributed by atoms with van der Waals surface area (Å²) >= 11 is 1.51. The van der Waals surface area contributed by atoms with Crippen LogP contribution in [0.4, 0.5) is 10.2 Å². The number of fused-ring (bicyclic) bond motifs is 1. The minimum absolute atomic E-state index is 0.209. The van der Waals surface area contributed by atoms with Gasteiger partial charge in [0.05, 0.1) is 27.2 Å². The van der Waals surface area contributed by atoms with E-state index < -0.39 is 5.91 Å². The molecule has 0 aliphatic rings. The summed E-state index contributed by atoms with van der Waals surface area (Å²) in [5, 5.41) is 12.9. The van der Waals surface area contributed by atoms with Crippen LogP contribution < -0.4 is 11.1 Å². The molecule has 1 aromatic carbocycles. The molecule has 0 atom stereocenters. The highest BCUT2D eigenvalue weighted by atomic mass is 32.1. The van der Waals surface area contributed by atoms with Crippen molar-refractivity contribution < 1.29 is 13.6 Å². The Hall–Kier alpha value is -5.03. The van der Waals surface area contributed by atoms with E-state index in [-0.39, 0.29) is 17.6 Å². The molecule has 0 aliphatic heterocycles. The third kappa shape index (κ3) is 6.58. The van der Waals surface area contributed by atoms with Crippen molar-refractivity contribution in [2.75, 3.05) is 5.32 Å². The maximum atomic E-state index is 13.6. The third-order valence-corrected chi connectivity index (χ3v) is 8.56. The number of pyridine rings is 3. The van der Waals surface area contributed by atoms with E-state index in [1.165, 1.54) is 23.5 Å². The highest BCUT2D eigenvalue weighted by Crippen LogP contribution is 2.44. The molecule has 0 fully saturated rings. The average Bonchev–Trinajstić information content (AvgIpc) is 3.66. The molecule has 11 heteroatoms. The lowest BCUT2D eigenvalue weighted by Gasteiger charge is -2.19. The molecular formula is C34H32FN7O2S. The second-order valence-corrected chi connectivity index (χ2v) is 12.3. The van der Waals surface area contributed by atoms with Gasteiger partial charge in [0.25, 0.3) is 5.91 Å². The number of nitrogens with zero attached hydrogens (tertiary/aromatic N) is 5. The van der Waals surface area contributed by atoms with E-state index in [1.807, 2.05) is 24.3 Å². The molecule has 5 aromatic heterocycles. The highest BCUT2D eigenvalue weighted by molar-refractivity contribution is 7.23. The van der Waals surface area contributed by atoms with Gasteiger partial charge in [-0.2, -0.15) is 0 Å². The maximum absolute atomic E-state index is 13.6. The predicted octanol–water partition coefficient (Wildman–Crippen LogP) is 6.95. The maximum Gasteiger partial charge on any atom is 0.251 e. The van der Waals surface area contributed by atoms with Crippen LogP contribution in [0, 0.1) is 18.7 Å². The largest absolute Gasteiger partial charge is 0.421 e. The number of halogens is 1. The molecule has 0 spiro atoms. The first-order chi connectivity index (χ1) is 21.8. The van der Waals surface area contributed by atoms with Crippen LogP contribution in [-0.4, -0.2) is 31.1 Å². The lowest BCUT2D eigenvalue weighted by molar-refractivity contribution is 0.0999. The van der Waals surface area contributed by atoms with Crippen molar-refractivity contribution >= 4 is 33.1 Å². The molecule has 5 heterocycles. The number of hydrogen-bond donors (Lipinski definition) is 2. The monoisotopic (exact) mass is 621 g/mol. The number of primary amides is 1. The minimum Gasteiger partial charge on any atom is -0.421 e. The lowest BCUT2D eigenvalue weighted by Crippen LogP contribution is -2.20. The van der Waals surface area contributed by atoms with E-state index in [1.54, 1.807) is 37.6 Å². The Balaban J connectivity index is 1.54. The average molecular weight is 622 g/mol. The Labute approximate surface area is 263 Å². The van der Waals surface area contributed by atoms with E-state index in [2.05, 4.69) is 39.3 Å². The molecule has 228 valence electrons. The van der Waals surface area contributed by atoms with Gasteiger partial charge in [-0.15, -0.1) is 21.5 Å². The molecule has 3 N–H and O–H groups in total. The van der Waals surface area contributed by atoms with Crippen molar-refractivity contribution in [3.8, 4) is 21.9 Å². The summed E-state index contributed by atoms with van der Waals surface area (Å²) in [4.78, 5) is 27.9. The third-order valence-electron chi connectivity index (χ3n) is 7.39. The molecule has 9 nitrogen and oxygen atoms in total. The Morgan fingerprint density at radius 1 is 0.978 bits per heavy atom. The zero-order valence-electron chi connectivity index (χ0n) is 25.2. The van der Waals surface area contributed by atoms with Crippen LogP contribution in [-0.2, 0) is 25.8 Å². The van der Waals surface area contributed by atoms with E-state index >= 15 is 0 Å². The van der Waals surface area contributed by atoms with E-state index in [0.29, 0.717) is 59.8 Å². The Bertz CT molecular complexity index is 1970. The number of hydrogen-bond acceptors (Lipinski definition) is 9. The number of benzene rings is 1. The zero-order valence-corrected chi connectivity index (χ0v) is 26.0. The summed E-state index contributed by atoms with van der Waals surface area (Å²) in [6.45, 7) is 6.44. The summed E-state index contributed by atoms with van der Waals surface area (Å²) in [6, 6.07) is 14.3. The van der Waals surface area contributed by atoms with Gasteiger partial charge in [-0.25, -0.2) is 9.37 Å². The van der Waals surface area contributed by atoms with E-state index in [4.69, 9.17) is 15.1 Å². The zero-order chi connectivity index (χ0) is 31.5. The molecule has 6 aromatic rings. The lowest BCUT2D eigenvalue weighted by atomic mass is 9.91. The number of carbonyl (C=O) groups excluding carboxylic acids is 1. The number of rotatable bonds is 11. The number of aryl methyl sites for hydroxylation is 3. The number of nitrogens with one attached hydrogen (secondary N) is 1. The van der Waals surface area contributed by atoms with Gasteiger partial charge in [0.2, 0.25) is 11.8 Å². The van der Waals surface area contributed by atoms with Crippen LogP contribution in [0.3, 0.4) is 0 Å². The number of carbonyl (C=O) groups is 1. The van der Waals surface area contributed by atoms with Gasteiger partial charge in [-0.1, -0.05) is 26.0 Å². The standard InChI is InChI=1S/C34H32FN7O2S/c1-19(2)16-26-28(32(36)43)30(27-17-23-12-15-38-33(31(23)45-27)39-18-22-10-13-37-14-11-22)29(34-42-41-20(3)44-34)25(40-26)9-6-21-4-7-24(35)8-5-21/h4-5,7-8,10-15,17,19H,6,9,16,18H2,1-3H3,(H2,36,43)(H,38,39). The second-order valence-electron chi connectivity index (χ2n) is 11.2. The van der Waals surface area contributed by atoms with Crippen molar-refractivity contribution in [2.45, 2.75) is 46.6 Å². The molecule has 0 saturated carbocycles. The van der Waals surface area contributed by atoms with Crippen molar-refractivity contribution in [2.24, 2.45) is 11.7 Å². The van der Waals surface area contributed by atoms with Gasteiger partial charge >= 0.3 is 0 Å². The van der Waals surface area contributed by atoms with E-state index in [0.717, 1.165) is 31.9 Å². The molecule has 0 saturated heterocycles. The summed E-state index contributed by atoms with van der Waals surface area (Å²) < 4.78 is 20.6. The van der Waals surface area contributed by atoms with Crippen molar-refractivity contribution in [3.63, 3.8) is 0 Å². The predicted molar refractivity (Wildman–Crippen MR) is 173 cm³/mol. The van der Waals surface area contributed by atoms with Crippen LogP contribution >= 0.6 is 11.3 Å². The fourth-order valence-electron chi connectivity index (χ4n) is 5.36. The fraction of sp³-hybridized carbons (Fsp3) is 0.235. The first-order valence-corrected chi connectivity index (χ1v) is 15.5. The van der Waals surface area contributed by atoms with Gasteiger partial charge in [-0.05, 0) is 78.1 Å². The molecule has 0 unspecified atom stereocenters. The molecule has 1 amide bonds. The van der Waals surface area contributed by atoms with Gasteiger partial charge < -0.3 is 15.5 Å². The Morgan fingerprint density at radius 2 is 1.76 bits per heavy atom. The smallest absolute Gasteiger partial charge is 0.251 e. The molecular weight excluding hydrogens is 589 g/mol. The summed E-state index contributed by atoms with van der Waals surface area (Å²) in [5.74, 6) is 0.706. The normalized spacial score (nSPS) is 11.4. The van der Waals surface area contributed by atoms with Crippen LogP contribution in [0.25, 0.3) is 32.0 Å². The number of anilines is 1. The van der Waals surface area contributed by atoms with Gasteiger partial charge in [0, 0.05) is 42.5 Å². The van der Waals surface area contributed by atoms with Crippen molar-refractivity contribution in [1.82, 2.24) is 25.1 Å². The molecule has 0 bridgehead atoms. The topological polar surface area (TPSA) is 133 Å². The van der Waals surface area contributed by atoms with Gasteiger partial charge in [0.15, 0.2) is 0 Å². The Morgan fingerprint density at radius 3 is 2.44 bits per heavy atom. The van der Waals surface area contributed by atoms with Crippen molar-refractivity contribution in [1.29, 1.82) is 0 Å². The van der Waals surface area contributed by atoms with Crippen molar-refractivity contribution in [3.05, 3.63) is 107 Å². The summed E-state index contributed by atoms with van der Waals surface area (Å²) in [5.41, 5.74) is 11.0. The first-order valence-electron chi connectivity index (χ1n) is 14.7. The fourth-order valence-corrected chi connectivity index (χ4v) is 6.54. The van der Waals surface area contributed by atoms with Gasteiger partial charge in [0.1, 0.15) is 11.6 Å². The van der Waals surface area contributed by atoms with Gasteiger partial charge in [-0.3, -0.25) is 14.8 Å². The molecule has 6 rings (SSSR count). The van der Waals surface area contributed by atoms with E-state index in [9.17, 15) is 9.18 Å². The molecule has 0 radical (unpaired) electrons. The number of nitrogens with two attached hydrogens (primary N) is 1. The molecule has 0 aliphatic carbocycles. The SMILES string of the molecule is Cc1nnc(-c2c(CCc3ccc(F)cc3)nc(CC(C)C)c(C(N)=O)c2-c2cc3ccnc(NCc4ccncc4)c3s2)o1. The quantitative estimate of drug-likeness (QED) is 0.159. The summed E-state index contributed by atoms with van der Waals surface area (Å²) in [6.07, 6.45) is 6.89. The number of thiophene rings is 1. The summed E-state index contributed by atoms with van der Waals surface area (Å²) in [7, 11) is 0. The first kappa shape index (κ1) is 30.0. The van der Waals surface area contributed by atoms with Crippen LogP contribution in [0.5, 0.6) is 0 Å². The van der Waals surface area contributed by atoms with Crippen LogP contribution in [0.1, 0.15) is 52.6 Å². The number of amides is 1. The minimum atomic E-state index is -0.581. The Kier molecular flexibility index (Phi) is 8.61. The highest BCUT2D eigenvalue weighted by Gasteiger charge is 2.29. The second kappa shape index (κ2) is 12.9. The number of aromatic nitrogens is 5. The van der Waals surface area contributed by atoms with Crippen LogP contribution in [0.2, 0.25) is 0 Å². The molecule has 45 heavy (non-hydrogen) atoms. The van der Waals surface area contributed by atoms with Crippen LogP contribution in [0.15, 0.2) is 71.5 Å².